The van der Waals surface area contributed by atoms with E-state index in [1.807, 2.05) is 4.68 Å². The number of aryl methyl sites for hydroxylation is 1. The molecule has 0 radical (unpaired) electrons. The maximum atomic E-state index is 4.23. The van der Waals surface area contributed by atoms with Crippen LogP contribution in [0.5, 0.6) is 0 Å². The Kier molecular flexibility index (Phi) is 4.10. The molecule has 0 aliphatic carbocycles. The standard InChI is InChI=1S/C14H20N4/c1-4-16-14(12(3)18-10-15-9-17-18)13-7-5-11(2)6-8-13/h5-10,12,14,16H,4H2,1-3H3. The summed E-state index contributed by atoms with van der Waals surface area (Å²) in [4.78, 5) is 4.02. The molecule has 4 heteroatoms. The number of nitrogens with one attached hydrogen (secondary N) is 1. The lowest BCUT2D eigenvalue weighted by Gasteiger charge is -2.25. The fourth-order valence-corrected chi connectivity index (χ4v) is 2.14. The SMILES string of the molecule is CCNC(c1ccc(C)cc1)C(C)n1cncn1. The minimum atomic E-state index is 0.232. The molecular formula is C14H20N4. The average Bonchev–Trinajstić information content (AvgIpc) is 2.90. The normalized spacial score (nSPS) is 14.4. The zero-order valence-electron chi connectivity index (χ0n) is 11.2. The van der Waals surface area contributed by atoms with E-state index >= 15 is 0 Å². The van der Waals surface area contributed by atoms with Gasteiger partial charge in [0.15, 0.2) is 0 Å². The molecule has 2 unspecified atom stereocenters. The van der Waals surface area contributed by atoms with Gasteiger partial charge in [0.2, 0.25) is 0 Å². The quantitative estimate of drug-likeness (QED) is 0.878. The van der Waals surface area contributed by atoms with Crippen LogP contribution in [0.1, 0.15) is 37.1 Å². The van der Waals surface area contributed by atoms with Crippen LogP contribution in [0.2, 0.25) is 0 Å². The van der Waals surface area contributed by atoms with Crippen molar-refractivity contribution >= 4 is 0 Å². The number of hydrogen-bond acceptors (Lipinski definition) is 3. The molecule has 18 heavy (non-hydrogen) atoms. The molecule has 1 aromatic heterocycles. The van der Waals surface area contributed by atoms with Gasteiger partial charge in [0.1, 0.15) is 12.7 Å². The highest BCUT2D eigenvalue weighted by molar-refractivity contribution is 5.24. The first-order chi connectivity index (χ1) is 8.72. The lowest BCUT2D eigenvalue weighted by molar-refractivity contribution is 0.358. The van der Waals surface area contributed by atoms with E-state index in [0.29, 0.717) is 0 Å². The number of benzene rings is 1. The van der Waals surface area contributed by atoms with E-state index in [0.717, 1.165) is 6.54 Å². The van der Waals surface area contributed by atoms with Crippen molar-refractivity contribution in [2.45, 2.75) is 32.9 Å². The first-order valence-electron chi connectivity index (χ1n) is 6.36. The highest BCUT2D eigenvalue weighted by Crippen LogP contribution is 2.25. The Balaban J connectivity index is 2.25. The van der Waals surface area contributed by atoms with Crippen LogP contribution in [0.15, 0.2) is 36.9 Å². The number of hydrogen-bond donors (Lipinski definition) is 1. The molecule has 0 spiro atoms. The number of nitrogens with zero attached hydrogens (tertiary/aromatic N) is 3. The van der Waals surface area contributed by atoms with E-state index in [1.54, 1.807) is 12.7 Å². The Bertz CT molecular complexity index is 461. The van der Waals surface area contributed by atoms with Gasteiger partial charge >= 0.3 is 0 Å². The Labute approximate surface area is 108 Å². The third kappa shape index (κ3) is 2.76. The molecule has 0 aliphatic heterocycles. The van der Waals surface area contributed by atoms with E-state index in [4.69, 9.17) is 0 Å². The second kappa shape index (κ2) is 5.78. The second-order valence-corrected chi connectivity index (χ2v) is 4.56. The van der Waals surface area contributed by atoms with Crippen molar-refractivity contribution in [3.05, 3.63) is 48.0 Å². The molecule has 96 valence electrons. The minimum Gasteiger partial charge on any atom is -0.308 e. The molecule has 2 atom stereocenters. The zero-order valence-corrected chi connectivity index (χ0v) is 11.2. The predicted octanol–water partition coefficient (Wildman–Crippen LogP) is 2.50. The van der Waals surface area contributed by atoms with Gasteiger partial charge in [0, 0.05) is 0 Å². The van der Waals surface area contributed by atoms with Gasteiger partial charge in [-0.1, -0.05) is 36.8 Å². The van der Waals surface area contributed by atoms with Gasteiger partial charge in [-0.2, -0.15) is 5.10 Å². The first kappa shape index (κ1) is 12.8. The summed E-state index contributed by atoms with van der Waals surface area (Å²) in [5.41, 5.74) is 2.56. The van der Waals surface area contributed by atoms with Crippen molar-refractivity contribution in [3.8, 4) is 0 Å². The minimum absolute atomic E-state index is 0.232. The lowest BCUT2D eigenvalue weighted by Crippen LogP contribution is -2.29. The molecule has 0 fully saturated rings. The summed E-state index contributed by atoms with van der Waals surface area (Å²) in [5, 5.41) is 7.75. The molecular weight excluding hydrogens is 224 g/mol. The van der Waals surface area contributed by atoms with Crippen LogP contribution in [0, 0.1) is 6.92 Å². The van der Waals surface area contributed by atoms with Crippen LogP contribution in [-0.2, 0) is 0 Å². The largest absolute Gasteiger partial charge is 0.308 e. The van der Waals surface area contributed by atoms with E-state index in [1.165, 1.54) is 11.1 Å². The maximum absolute atomic E-state index is 4.23. The zero-order chi connectivity index (χ0) is 13.0. The third-order valence-electron chi connectivity index (χ3n) is 3.20. The highest BCUT2D eigenvalue weighted by atomic mass is 15.3. The van der Waals surface area contributed by atoms with Crippen molar-refractivity contribution in [2.75, 3.05) is 6.54 Å². The number of likely N-dealkylation sites (N-methyl/N-ethyl adjacent to an activating group) is 1. The van der Waals surface area contributed by atoms with Crippen LogP contribution < -0.4 is 5.32 Å². The summed E-state index contributed by atoms with van der Waals surface area (Å²) < 4.78 is 1.90. The van der Waals surface area contributed by atoms with Crippen LogP contribution in [0.4, 0.5) is 0 Å². The van der Waals surface area contributed by atoms with Crippen molar-refractivity contribution in [2.24, 2.45) is 0 Å². The van der Waals surface area contributed by atoms with E-state index in [-0.39, 0.29) is 12.1 Å². The molecule has 0 saturated heterocycles. The van der Waals surface area contributed by atoms with Gasteiger partial charge < -0.3 is 5.32 Å². The van der Waals surface area contributed by atoms with E-state index < -0.39 is 0 Å². The Morgan fingerprint density at radius 2 is 2.00 bits per heavy atom. The Morgan fingerprint density at radius 3 is 2.56 bits per heavy atom. The highest BCUT2D eigenvalue weighted by Gasteiger charge is 2.20. The second-order valence-electron chi connectivity index (χ2n) is 4.56. The fraction of sp³-hybridized carbons (Fsp3) is 0.429. The number of aromatic nitrogens is 3. The molecule has 2 aromatic rings. The Hall–Kier alpha value is -1.68. The molecule has 1 heterocycles. The van der Waals surface area contributed by atoms with Crippen molar-refractivity contribution in [1.29, 1.82) is 0 Å². The molecule has 0 aliphatic rings. The summed E-state index contributed by atoms with van der Waals surface area (Å²) in [5.74, 6) is 0. The van der Waals surface area contributed by atoms with Gasteiger partial charge in [-0.15, -0.1) is 0 Å². The molecule has 0 saturated carbocycles. The summed E-state index contributed by atoms with van der Waals surface area (Å²) in [6.07, 6.45) is 3.35. The topological polar surface area (TPSA) is 42.7 Å². The Morgan fingerprint density at radius 1 is 1.28 bits per heavy atom. The van der Waals surface area contributed by atoms with Crippen LogP contribution in [0.3, 0.4) is 0 Å². The molecule has 1 aromatic carbocycles. The first-order valence-corrected chi connectivity index (χ1v) is 6.36. The van der Waals surface area contributed by atoms with Crippen LogP contribution >= 0.6 is 0 Å². The number of rotatable bonds is 5. The van der Waals surface area contributed by atoms with Gasteiger partial charge in [0.05, 0.1) is 12.1 Å². The lowest BCUT2D eigenvalue weighted by atomic mass is 9.99. The summed E-state index contributed by atoms with van der Waals surface area (Å²) >= 11 is 0. The monoisotopic (exact) mass is 244 g/mol. The summed E-state index contributed by atoms with van der Waals surface area (Å²) in [6, 6.07) is 9.13. The van der Waals surface area contributed by atoms with Crippen LogP contribution in [-0.4, -0.2) is 21.3 Å². The molecule has 0 bridgehead atoms. The maximum Gasteiger partial charge on any atom is 0.137 e. The van der Waals surface area contributed by atoms with Gasteiger partial charge in [-0.3, -0.25) is 0 Å². The van der Waals surface area contributed by atoms with Gasteiger partial charge in [-0.05, 0) is 26.0 Å². The van der Waals surface area contributed by atoms with E-state index in [9.17, 15) is 0 Å². The van der Waals surface area contributed by atoms with Crippen molar-refractivity contribution in [3.63, 3.8) is 0 Å². The molecule has 1 N–H and O–H groups in total. The van der Waals surface area contributed by atoms with Crippen molar-refractivity contribution < 1.29 is 0 Å². The molecule has 2 rings (SSSR count). The van der Waals surface area contributed by atoms with E-state index in [2.05, 4.69) is 60.4 Å². The van der Waals surface area contributed by atoms with Crippen molar-refractivity contribution in [1.82, 2.24) is 20.1 Å². The smallest absolute Gasteiger partial charge is 0.137 e. The summed E-state index contributed by atoms with van der Waals surface area (Å²) in [6.45, 7) is 7.31. The molecule has 4 nitrogen and oxygen atoms in total. The third-order valence-corrected chi connectivity index (χ3v) is 3.20. The van der Waals surface area contributed by atoms with Gasteiger partial charge in [0.25, 0.3) is 0 Å². The van der Waals surface area contributed by atoms with Gasteiger partial charge in [-0.25, -0.2) is 9.67 Å². The predicted molar refractivity (Wildman–Crippen MR) is 72.3 cm³/mol. The average molecular weight is 244 g/mol. The molecule has 0 amide bonds. The fourth-order valence-electron chi connectivity index (χ4n) is 2.14. The van der Waals surface area contributed by atoms with Crippen LogP contribution in [0.25, 0.3) is 0 Å². The summed E-state index contributed by atoms with van der Waals surface area (Å²) in [7, 11) is 0.